The van der Waals surface area contributed by atoms with E-state index < -0.39 is 0 Å². The van der Waals surface area contributed by atoms with Crippen LogP contribution in [-0.4, -0.2) is 34.3 Å². The number of aromatic nitrogens is 2. The number of nitrogens with two attached hydrogens (primary N) is 1. The molecule has 0 bridgehead atoms. The molecule has 2 rings (SSSR count). The zero-order valence-electron chi connectivity index (χ0n) is 11.0. The Morgan fingerprint density at radius 2 is 2.35 bits per heavy atom. The van der Waals surface area contributed by atoms with Crippen LogP contribution in [0.5, 0.6) is 0 Å². The van der Waals surface area contributed by atoms with Crippen molar-refractivity contribution in [3.8, 4) is 0 Å². The van der Waals surface area contributed by atoms with Gasteiger partial charge in [0.05, 0.1) is 12.2 Å². The van der Waals surface area contributed by atoms with Gasteiger partial charge in [0.15, 0.2) is 0 Å². The molecule has 0 radical (unpaired) electrons. The van der Waals surface area contributed by atoms with Gasteiger partial charge in [-0.15, -0.1) is 0 Å². The van der Waals surface area contributed by atoms with E-state index in [2.05, 4.69) is 30.0 Å². The van der Waals surface area contributed by atoms with Gasteiger partial charge in [-0.2, -0.15) is 5.10 Å². The lowest BCUT2D eigenvalue weighted by atomic mass is 10.1. The van der Waals surface area contributed by atoms with Gasteiger partial charge < -0.3 is 5.73 Å². The second kappa shape index (κ2) is 5.65. The van der Waals surface area contributed by atoms with Crippen LogP contribution in [0.1, 0.15) is 38.3 Å². The fraction of sp³-hybridized carbons (Fsp3) is 0.769. The molecule has 0 amide bonds. The molecule has 2 atom stereocenters. The van der Waals surface area contributed by atoms with E-state index >= 15 is 0 Å². The Labute approximate surface area is 104 Å². The molecule has 1 aliphatic heterocycles. The smallest absolute Gasteiger partial charge is 0.0538 e. The van der Waals surface area contributed by atoms with E-state index in [1.54, 1.807) is 0 Å². The number of hydrogen-bond donors (Lipinski definition) is 1. The average Bonchev–Trinajstić information content (AvgIpc) is 2.99. The largest absolute Gasteiger partial charge is 0.329 e. The second-order valence-corrected chi connectivity index (χ2v) is 4.94. The lowest BCUT2D eigenvalue weighted by Crippen LogP contribution is -2.31. The number of hydrogen-bond acceptors (Lipinski definition) is 3. The van der Waals surface area contributed by atoms with Crippen LogP contribution in [0.3, 0.4) is 0 Å². The maximum atomic E-state index is 5.94. The molecular weight excluding hydrogens is 212 g/mol. The van der Waals surface area contributed by atoms with Gasteiger partial charge in [-0.05, 0) is 25.8 Å². The van der Waals surface area contributed by atoms with Crippen LogP contribution < -0.4 is 5.73 Å². The maximum Gasteiger partial charge on any atom is 0.0538 e. The number of aryl methyl sites for hydroxylation is 1. The summed E-state index contributed by atoms with van der Waals surface area (Å²) in [5, 5.41) is 4.35. The number of likely N-dealkylation sites (tertiary alicyclic amines) is 1. The summed E-state index contributed by atoms with van der Waals surface area (Å²) in [6.45, 7) is 8.37. The van der Waals surface area contributed by atoms with E-state index in [1.165, 1.54) is 31.5 Å². The Bertz CT molecular complexity index is 347. The van der Waals surface area contributed by atoms with Crippen molar-refractivity contribution in [2.45, 2.75) is 39.3 Å². The Morgan fingerprint density at radius 3 is 2.88 bits per heavy atom. The summed E-state index contributed by atoms with van der Waals surface area (Å²) in [5.74, 6) is 0.852. The Hall–Kier alpha value is -0.870. The zero-order chi connectivity index (χ0) is 12.3. The molecular formula is C13H24N4. The van der Waals surface area contributed by atoms with Crippen molar-refractivity contribution >= 4 is 0 Å². The van der Waals surface area contributed by atoms with Crippen molar-refractivity contribution in [3.63, 3.8) is 0 Å². The van der Waals surface area contributed by atoms with E-state index in [1.807, 2.05) is 10.9 Å². The molecule has 1 aromatic heterocycles. The molecule has 4 nitrogen and oxygen atoms in total. The number of rotatable bonds is 5. The SMILES string of the molecule is CCC1CCN(C(CN)c2cnn(CC)c2)C1. The fourth-order valence-corrected chi connectivity index (χ4v) is 2.70. The van der Waals surface area contributed by atoms with E-state index in [-0.39, 0.29) is 0 Å². The molecule has 0 aliphatic carbocycles. The highest BCUT2D eigenvalue weighted by Gasteiger charge is 2.28. The van der Waals surface area contributed by atoms with Crippen LogP contribution in [0.15, 0.2) is 12.4 Å². The minimum absolute atomic E-state index is 0.354. The van der Waals surface area contributed by atoms with Crippen LogP contribution in [-0.2, 0) is 6.54 Å². The molecule has 0 saturated carbocycles. The predicted molar refractivity (Wildman–Crippen MR) is 69.7 cm³/mol. The Balaban J connectivity index is 2.06. The molecule has 2 heterocycles. The monoisotopic (exact) mass is 236 g/mol. The summed E-state index contributed by atoms with van der Waals surface area (Å²) in [6.07, 6.45) is 6.70. The highest BCUT2D eigenvalue weighted by atomic mass is 15.3. The van der Waals surface area contributed by atoms with Crippen LogP contribution in [0.4, 0.5) is 0 Å². The van der Waals surface area contributed by atoms with Crippen molar-refractivity contribution in [3.05, 3.63) is 18.0 Å². The lowest BCUT2D eigenvalue weighted by Gasteiger charge is -2.25. The van der Waals surface area contributed by atoms with Crippen molar-refractivity contribution in [1.29, 1.82) is 0 Å². The van der Waals surface area contributed by atoms with E-state index in [0.29, 0.717) is 12.6 Å². The molecule has 1 saturated heterocycles. The predicted octanol–water partition coefficient (Wildman–Crippen LogP) is 1.63. The first kappa shape index (κ1) is 12.6. The molecule has 1 fully saturated rings. The molecule has 2 N–H and O–H groups in total. The van der Waals surface area contributed by atoms with Gasteiger partial charge in [0.2, 0.25) is 0 Å². The summed E-state index contributed by atoms with van der Waals surface area (Å²) in [7, 11) is 0. The van der Waals surface area contributed by atoms with Gasteiger partial charge in [-0.25, -0.2) is 0 Å². The van der Waals surface area contributed by atoms with E-state index in [4.69, 9.17) is 5.73 Å². The van der Waals surface area contributed by atoms with Gasteiger partial charge in [-0.1, -0.05) is 13.3 Å². The van der Waals surface area contributed by atoms with E-state index in [0.717, 1.165) is 12.5 Å². The minimum Gasteiger partial charge on any atom is -0.329 e. The van der Waals surface area contributed by atoms with Crippen molar-refractivity contribution in [2.24, 2.45) is 11.7 Å². The summed E-state index contributed by atoms with van der Waals surface area (Å²) in [5.41, 5.74) is 7.21. The normalized spacial score (nSPS) is 23.1. The molecule has 0 aromatic carbocycles. The average molecular weight is 236 g/mol. The lowest BCUT2D eigenvalue weighted by molar-refractivity contribution is 0.240. The van der Waals surface area contributed by atoms with Crippen LogP contribution >= 0.6 is 0 Å². The first-order chi connectivity index (χ1) is 8.28. The topological polar surface area (TPSA) is 47.1 Å². The summed E-state index contributed by atoms with van der Waals surface area (Å²) in [6, 6.07) is 0.354. The minimum atomic E-state index is 0.354. The summed E-state index contributed by atoms with van der Waals surface area (Å²) in [4.78, 5) is 2.52. The van der Waals surface area contributed by atoms with E-state index in [9.17, 15) is 0 Å². The Morgan fingerprint density at radius 1 is 1.53 bits per heavy atom. The maximum absolute atomic E-state index is 5.94. The Kier molecular flexibility index (Phi) is 4.18. The van der Waals surface area contributed by atoms with Crippen molar-refractivity contribution < 1.29 is 0 Å². The standard InChI is InChI=1S/C13H24N4/c1-3-11-5-6-16(9-11)13(7-14)12-8-15-17(4-2)10-12/h8,10-11,13H,3-7,9,14H2,1-2H3. The third-order valence-electron chi connectivity index (χ3n) is 3.92. The number of nitrogens with zero attached hydrogens (tertiary/aromatic N) is 3. The first-order valence-corrected chi connectivity index (χ1v) is 6.74. The molecule has 1 aromatic rings. The van der Waals surface area contributed by atoms with Crippen molar-refractivity contribution in [2.75, 3.05) is 19.6 Å². The van der Waals surface area contributed by atoms with Gasteiger partial charge >= 0.3 is 0 Å². The fourth-order valence-electron chi connectivity index (χ4n) is 2.70. The van der Waals surface area contributed by atoms with Crippen LogP contribution in [0.25, 0.3) is 0 Å². The van der Waals surface area contributed by atoms with Gasteiger partial charge in [0, 0.05) is 31.4 Å². The van der Waals surface area contributed by atoms with Crippen molar-refractivity contribution in [1.82, 2.24) is 14.7 Å². The van der Waals surface area contributed by atoms with Crippen LogP contribution in [0, 0.1) is 5.92 Å². The molecule has 96 valence electrons. The molecule has 17 heavy (non-hydrogen) atoms. The molecule has 1 aliphatic rings. The summed E-state index contributed by atoms with van der Waals surface area (Å²) >= 11 is 0. The molecule has 2 unspecified atom stereocenters. The third kappa shape index (κ3) is 2.69. The quantitative estimate of drug-likeness (QED) is 0.845. The summed E-state index contributed by atoms with van der Waals surface area (Å²) < 4.78 is 1.98. The molecule has 0 spiro atoms. The van der Waals surface area contributed by atoms with Gasteiger partial charge in [-0.3, -0.25) is 9.58 Å². The zero-order valence-corrected chi connectivity index (χ0v) is 11.0. The van der Waals surface area contributed by atoms with Gasteiger partial charge in [0.25, 0.3) is 0 Å². The van der Waals surface area contributed by atoms with Gasteiger partial charge in [0.1, 0.15) is 0 Å². The molecule has 4 heteroatoms. The van der Waals surface area contributed by atoms with Crippen LogP contribution in [0.2, 0.25) is 0 Å². The first-order valence-electron chi connectivity index (χ1n) is 6.74. The third-order valence-corrected chi connectivity index (χ3v) is 3.92. The second-order valence-electron chi connectivity index (χ2n) is 4.94. The highest BCUT2D eigenvalue weighted by molar-refractivity contribution is 5.12. The highest BCUT2D eigenvalue weighted by Crippen LogP contribution is 2.28.